The van der Waals surface area contributed by atoms with Gasteiger partial charge in [-0.2, -0.15) is 5.10 Å². The van der Waals surface area contributed by atoms with E-state index in [0.717, 1.165) is 19.6 Å². The van der Waals surface area contributed by atoms with Crippen molar-refractivity contribution in [2.24, 2.45) is 5.73 Å². The third kappa shape index (κ3) is 2.12. The van der Waals surface area contributed by atoms with Crippen LogP contribution in [0.5, 0.6) is 0 Å². The van der Waals surface area contributed by atoms with Crippen molar-refractivity contribution in [3.63, 3.8) is 0 Å². The minimum atomic E-state index is 0.135. The summed E-state index contributed by atoms with van der Waals surface area (Å²) in [6.45, 7) is 3.57. The van der Waals surface area contributed by atoms with E-state index in [9.17, 15) is 0 Å². The molecule has 0 unspecified atom stereocenters. The first kappa shape index (κ1) is 9.64. The van der Waals surface area contributed by atoms with Gasteiger partial charge < -0.3 is 10.8 Å². The van der Waals surface area contributed by atoms with Crippen molar-refractivity contribution in [1.82, 2.24) is 14.7 Å². The van der Waals surface area contributed by atoms with E-state index in [1.807, 2.05) is 12.4 Å². The van der Waals surface area contributed by atoms with Crippen molar-refractivity contribution in [3.05, 3.63) is 18.0 Å². The molecule has 2 heterocycles. The molecule has 0 bridgehead atoms. The van der Waals surface area contributed by atoms with Crippen LogP contribution in [0.1, 0.15) is 5.56 Å². The first-order valence-electron chi connectivity index (χ1n) is 4.88. The predicted octanol–water partition coefficient (Wildman–Crippen LogP) is -0.982. The number of aliphatic hydroxyl groups is 1. The summed E-state index contributed by atoms with van der Waals surface area (Å²) in [6, 6.07) is 0.350. The molecule has 1 aromatic rings. The van der Waals surface area contributed by atoms with Crippen LogP contribution in [0.15, 0.2) is 12.4 Å². The van der Waals surface area contributed by atoms with Gasteiger partial charge in [0, 0.05) is 37.4 Å². The highest BCUT2D eigenvalue weighted by Crippen LogP contribution is 2.10. The fraction of sp³-hybridized carbons (Fsp3) is 0.667. The molecule has 1 fully saturated rings. The van der Waals surface area contributed by atoms with E-state index in [1.54, 1.807) is 4.68 Å². The molecule has 5 heteroatoms. The second-order valence-corrected chi connectivity index (χ2v) is 3.79. The topological polar surface area (TPSA) is 67.3 Å². The number of likely N-dealkylation sites (tertiary alicyclic amines) is 1. The Morgan fingerprint density at radius 1 is 1.57 bits per heavy atom. The zero-order valence-electron chi connectivity index (χ0n) is 8.13. The molecule has 0 atom stereocenters. The lowest BCUT2D eigenvalue weighted by Gasteiger charge is -2.36. The molecule has 1 aromatic heterocycles. The maximum atomic E-state index is 8.72. The Kier molecular flexibility index (Phi) is 2.81. The Hall–Kier alpha value is -0.910. The smallest absolute Gasteiger partial charge is 0.0640 e. The van der Waals surface area contributed by atoms with Gasteiger partial charge in [-0.15, -0.1) is 0 Å². The van der Waals surface area contributed by atoms with Gasteiger partial charge in [0.2, 0.25) is 0 Å². The predicted molar refractivity (Wildman–Crippen MR) is 52.6 cm³/mol. The van der Waals surface area contributed by atoms with Gasteiger partial charge in [0.05, 0.1) is 19.3 Å². The first-order valence-corrected chi connectivity index (χ1v) is 4.88. The van der Waals surface area contributed by atoms with Crippen LogP contribution in [0.3, 0.4) is 0 Å². The van der Waals surface area contributed by atoms with Crippen molar-refractivity contribution < 1.29 is 5.11 Å². The number of hydrogen-bond donors (Lipinski definition) is 2. The second-order valence-electron chi connectivity index (χ2n) is 3.79. The van der Waals surface area contributed by atoms with E-state index < -0.39 is 0 Å². The summed E-state index contributed by atoms with van der Waals surface area (Å²) >= 11 is 0. The Bertz CT molecular complexity index is 293. The van der Waals surface area contributed by atoms with E-state index >= 15 is 0 Å². The van der Waals surface area contributed by atoms with Crippen LogP contribution in [-0.4, -0.2) is 45.5 Å². The molecule has 0 radical (unpaired) electrons. The molecule has 14 heavy (non-hydrogen) atoms. The molecular formula is C9H16N4O. The normalized spacial score (nSPS) is 18.4. The van der Waals surface area contributed by atoms with Crippen LogP contribution < -0.4 is 5.73 Å². The summed E-state index contributed by atoms with van der Waals surface area (Å²) in [5.41, 5.74) is 6.87. The quantitative estimate of drug-likeness (QED) is 0.649. The average Bonchev–Trinajstić information content (AvgIpc) is 2.51. The van der Waals surface area contributed by atoms with Crippen LogP contribution in [0.4, 0.5) is 0 Å². The lowest BCUT2D eigenvalue weighted by Crippen LogP contribution is -2.54. The molecule has 0 saturated carbocycles. The lowest BCUT2D eigenvalue weighted by molar-refractivity contribution is 0.142. The van der Waals surface area contributed by atoms with Crippen molar-refractivity contribution in [2.45, 2.75) is 19.1 Å². The molecule has 5 nitrogen and oxygen atoms in total. The molecule has 1 aliphatic heterocycles. The van der Waals surface area contributed by atoms with E-state index in [-0.39, 0.29) is 6.61 Å². The maximum absolute atomic E-state index is 8.72. The van der Waals surface area contributed by atoms with Crippen LogP contribution in [0.25, 0.3) is 0 Å². The maximum Gasteiger partial charge on any atom is 0.0640 e. The van der Waals surface area contributed by atoms with Gasteiger partial charge in [0.1, 0.15) is 0 Å². The molecule has 0 spiro atoms. The molecule has 1 saturated heterocycles. The zero-order valence-corrected chi connectivity index (χ0v) is 8.13. The van der Waals surface area contributed by atoms with Crippen LogP contribution >= 0.6 is 0 Å². The largest absolute Gasteiger partial charge is 0.394 e. The fourth-order valence-corrected chi connectivity index (χ4v) is 1.71. The lowest BCUT2D eigenvalue weighted by atomic mass is 10.1. The molecular weight excluding hydrogens is 180 g/mol. The highest BCUT2D eigenvalue weighted by Gasteiger charge is 2.22. The summed E-state index contributed by atoms with van der Waals surface area (Å²) in [4.78, 5) is 2.28. The second kappa shape index (κ2) is 4.08. The molecule has 0 aliphatic carbocycles. The van der Waals surface area contributed by atoms with Gasteiger partial charge in [-0.1, -0.05) is 0 Å². The average molecular weight is 196 g/mol. The highest BCUT2D eigenvalue weighted by atomic mass is 16.3. The molecule has 3 N–H and O–H groups in total. The first-order chi connectivity index (χ1) is 6.78. The SMILES string of the molecule is NC1CN(Cc2cnn(CCO)c2)C1. The minimum Gasteiger partial charge on any atom is -0.394 e. The van der Waals surface area contributed by atoms with E-state index in [4.69, 9.17) is 10.8 Å². The van der Waals surface area contributed by atoms with E-state index in [2.05, 4.69) is 10.00 Å². The Balaban J connectivity index is 1.84. The highest BCUT2D eigenvalue weighted by molar-refractivity contribution is 5.05. The zero-order chi connectivity index (χ0) is 9.97. The van der Waals surface area contributed by atoms with Crippen molar-refractivity contribution in [2.75, 3.05) is 19.7 Å². The standard InChI is InChI=1S/C9H16N4O/c10-9-6-12(7-9)4-8-3-11-13(5-8)1-2-14/h3,5,9,14H,1-2,4,6-7,10H2. The fourth-order valence-electron chi connectivity index (χ4n) is 1.71. The molecule has 0 aromatic carbocycles. The number of hydrogen-bond acceptors (Lipinski definition) is 4. The van der Waals surface area contributed by atoms with Crippen molar-refractivity contribution in [3.8, 4) is 0 Å². The molecule has 2 rings (SSSR count). The summed E-state index contributed by atoms with van der Waals surface area (Å²) < 4.78 is 1.76. The number of nitrogens with two attached hydrogens (primary N) is 1. The van der Waals surface area contributed by atoms with Crippen LogP contribution in [0, 0.1) is 0 Å². The van der Waals surface area contributed by atoms with Gasteiger partial charge in [-0.05, 0) is 0 Å². The van der Waals surface area contributed by atoms with Crippen LogP contribution in [0.2, 0.25) is 0 Å². The van der Waals surface area contributed by atoms with Gasteiger partial charge >= 0.3 is 0 Å². The third-order valence-corrected chi connectivity index (χ3v) is 2.41. The van der Waals surface area contributed by atoms with Gasteiger partial charge in [-0.3, -0.25) is 9.58 Å². The molecule has 1 aliphatic rings. The van der Waals surface area contributed by atoms with Gasteiger partial charge in [0.15, 0.2) is 0 Å². The van der Waals surface area contributed by atoms with Gasteiger partial charge in [-0.25, -0.2) is 0 Å². The summed E-state index contributed by atoms with van der Waals surface area (Å²) in [7, 11) is 0. The summed E-state index contributed by atoms with van der Waals surface area (Å²) in [5, 5.41) is 12.9. The van der Waals surface area contributed by atoms with E-state index in [1.165, 1.54) is 5.56 Å². The van der Waals surface area contributed by atoms with Crippen molar-refractivity contribution in [1.29, 1.82) is 0 Å². The summed E-state index contributed by atoms with van der Waals surface area (Å²) in [6.07, 6.45) is 3.82. The number of aliphatic hydroxyl groups excluding tert-OH is 1. The number of aromatic nitrogens is 2. The number of nitrogens with zero attached hydrogens (tertiary/aromatic N) is 3. The Morgan fingerprint density at radius 2 is 2.36 bits per heavy atom. The third-order valence-electron chi connectivity index (χ3n) is 2.41. The monoisotopic (exact) mass is 196 g/mol. The molecule has 78 valence electrons. The molecule has 0 amide bonds. The minimum absolute atomic E-state index is 0.135. The van der Waals surface area contributed by atoms with Crippen LogP contribution in [-0.2, 0) is 13.1 Å². The Morgan fingerprint density at radius 3 is 3.00 bits per heavy atom. The number of rotatable bonds is 4. The van der Waals surface area contributed by atoms with E-state index in [0.29, 0.717) is 12.6 Å². The summed E-state index contributed by atoms with van der Waals surface area (Å²) in [5.74, 6) is 0. The van der Waals surface area contributed by atoms with Gasteiger partial charge in [0.25, 0.3) is 0 Å². The Labute approximate surface area is 83.1 Å². The van der Waals surface area contributed by atoms with Crippen molar-refractivity contribution >= 4 is 0 Å².